The molecule has 3 aliphatic carbocycles. The van der Waals surface area contributed by atoms with Crippen LogP contribution < -0.4 is 0 Å². The first-order valence-corrected chi connectivity index (χ1v) is 32.7. The van der Waals surface area contributed by atoms with Gasteiger partial charge in [0.05, 0.1) is 0 Å². The van der Waals surface area contributed by atoms with E-state index in [0.717, 1.165) is 0 Å². The van der Waals surface area contributed by atoms with E-state index in [-0.39, 0.29) is 19.6 Å². The zero-order valence-electron chi connectivity index (χ0n) is 48.4. The van der Waals surface area contributed by atoms with Gasteiger partial charge >= 0.3 is 27.5 Å². The van der Waals surface area contributed by atoms with Crippen LogP contribution in [0.3, 0.4) is 0 Å². The highest BCUT2D eigenvalue weighted by atomic mass is 32.2. The SMILES string of the molecule is C1CC2CCC1C2.C1CCCCC1.CC.CC.CC.CC.CC[N-]S(=O)(=O)C(F)(F)F.CC[N-]S(=O)(=O)C(F)(F)F.CC[N-]S(=O)(=O)C(F)(F)F.C[N-]S(=O)(=O)C(F)(F)F.O=S(=O)([N-]CCO)C(F)(F)F.c1ccccc1.c1ccccc1. The van der Waals surface area contributed by atoms with Crippen LogP contribution in [0.15, 0.2) is 72.8 Å². The van der Waals surface area contributed by atoms with Crippen molar-refractivity contribution in [3.8, 4) is 0 Å². The number of aliphatic hydroxyl groups is 1. The van der Waals surface area contributed by atoms with Gasteiger partial charge in [0.15, 0.2) is 50.1 Å². The molecule has 2 aromatic carbocycles. The number of hydrogen-bond acceptors (Lipinski definition) is 11. The van der Waals surface area contributed by atoms with Gasteiger partial charge in [0.2, 0.25) is 0 Å². The number of aliphatic hydroxyl groups excluding tert-OH is 1. The molecule has 36 heteroatoms. The van der Waals surface area contributed by atoms with Crippen molar-refractivity contribution in [3.63, 3.8) is 0 Å². The number of benzene rings is 2. The number of rotatable bonds is 10. The van der Waals surface area contributed by atoms with Gasteiger partial charge in [0, 0.05) is 6.61 Å². The highest BCUT2D eigenvalue weighted by molar-refractivity contribution is 7.95. The van der Waals surface area contributed by atoms with Crippen LogP contribution in [-0.2, 0) is 50.1 Å². The van der Waals surface area contributed by atoms with E-state index >= 15 is 0 Å². The normalized spacial score (nSPS) is 15.4. The van der Waals surface area contributed by atoms with E-state index in [0.29, 0.717) is 7.05 Å². The van der Waals surface area contributed by atoms with E-state index in [2.05, 4.69) is 23.6 Å². The van der Waals surface area contributed by atoms with Crippen LogP contribution in [0.1, 0.15) is 147 Å². The zero-order valence-corrected chi connectivity index (χ0v) is 52.5. The van der Waals surface area contributed by atoms with Crippen molar-refractivity contribution in [2.75, 3.05) is 39.8 Å². The van der Waals surface area contributed by atoms with Crippen molar-refractivity contribution in [1.29, 1.82) is 0 Å². The average molecular weight is 1340 g/mol. The van der Waals surface area contributed by atoms with E-state index in [1.54, 1.807) is 32.1 Å². The maximum atomic E-state index is 11.4. The first-order valence-electron chi connectivity index (χ1n) is 25.5. The summed E-state index contributed by atoms with van der Waals surface area (Å²) in [4.78, 5) is 0. The van der Waals surface area contributed by atoms with E-state index in [9.17, 15) is 108 Å². The summed E-state index contributed by atoms with van der Waals surface area (Å²) in [5.74, 6) is 2.34. The molecular formula is C47H83F15N5O11S5-5. The monoisotopic (exact) mass is 1340 g/mol. The minimum absolute atomic E-state index is 0.387. The summed E-state index contributed by atoms with van der Waals surface area (Å²) in [6.45, 7) is 17.0. The number of sulfonamides is 5. The molecule has 3 aliphatic rings. The van der Waals surface area contributed by atoms with Gasteiger partial charge in [0.1, 0.15) is 0 Å². The van der Waals surface area contributed by atoms with Crippen molar-refractivity contribution in [3.05, 3.63) is 96.4 Å². The van der Waals surface area contributed by atoms with Gasteiger partial charge in [-0.05, 0) is 18.3 Å². The molecule has 0 aliphatic heterocycles. The molecule has 2 aromatic rings. The summed E-state index contributed by atoms with van der Waals surface area (Å²) in [5.41, 5.74) is -26.3. The topological polar surface area (TPSA) is 261 Å². The molecule has 0 radical (unpaired) electrons. The second-order valence-electron chi connectivity index (χ2n) is 14.3. The Morgan fingerprint density at radius 3 is 0.602 bits per heavy atom. The minimum atomic E-state index is -5.39. The third-order valence-corrected chi connectivity index (χ3v) is 14.2. The molecule has 0 unspecified atom stereocenters. The summed E-state index contributed by atoms with van der Waals surface area (Å²) < 4.78 is 280. The molecule has 5 rings (SSSR count). The highest BCUT2D eigenvalue weighted by Gasteiger charge is 2.41. The molecule has 0 aromatic heterocycles. The van der Waals surface area contributed by atoms with Crippen molar-refractivity contribution < 1.29 is 113 Å². The predicted octanol–water partition coefficient (Wildman–Crippen LogP) is 16.7. The van der Waals surface area contributed by atoms with E-state index < -0.39 is 90.8 Å². The lowest BCUT2D eigenvalue weighted by atomic mass is 10.0. The summed E-state index contributed by atoms with van der Waals surface area (Å²) in [7, 11) is -25.7. The molecule has 3 saturated carbocycles. The first kappa shape index (κ1) is 96.2. The van der Waals surface area contributed by atoms with Crippen LogP contribution in [0.25, 0.3) is 23.6 Å². The maximum Gasteiger partial charge on any atom is 0.480 e. The number of nitrogens with zero attached hydrogens (tertiary/aromatic N) is 5. The lowest BCUT2D eigenvalue weighted by molar-refractivity contribution is -0.0433. The lowest BCUT2D eigenvalue weighted by Crippen LogP contribution is -2.22. The van der Waals surface area contributed by atoms with Crippen LogP contribution in [0.2, 0.25) is 0 Å². The van der Waals surface area contributed by atoms with Crippen LogP contribution >= 0.6 is 0 Å². The van der Waals surface area contributed by atoms with Gasteiger partial charge < -0.3 is 28.7 Å². The van der Waals surface area contributed by atoms with E-state index in [1.807, 2.05) is 128 Å². The van der Waals surface area contributed by atoms with Crippen LogP contribution in [-0.4, -0.2) is 115 Å². The molecule has 0 saturated heterocycles. The molecule has 16 nitrogen and oxygen atoms in total. The Labute approximate surface area is 483 Å². The molecule has 2 bridgehead atoms. The lowest BCUT2D eigenvalue weighted by Gasteiger charge is -2.19. The first-order chi connectivity index (χ1) is 38.0. The average Bonchev–Trinajstić information content (AvgIpc) is 4.09. The van der Waals surface area contributed by atoms with Crippen molar-refractivity contribution >= 4 is 50.1 Å². The standard InChI is InChI=1S/C7H12.C6H12.2C6H6.C3H5F3NO3S.3C3H5F3NO2S.C2H3F3NO2S.4C2H6/c1-2-7-4-3-6(1)5-7;3*1-2-4-6-5-3-1;4-3(5,6)11(9,10)7-1-2-8;3*1-2-7-10(8,9)3(4,5)6;1-6-9(7,8)2(3,4)5;4*1-2/h6-7H,1-5H2;1-6H2;2*1-6H;8H,1-2H2;3*2H2,1H3;1H3;4*1-2H3/q;;;;5*-1;;;;. The molecule has 3 fully saturated rings. The van der Waals surface area contributed by atoms with Crippen molar-refractivity contribution in [1.82, 2.24) is 0 Å². The van der Waals surface area contributed by atoms with Crippen molar-refractivity contribution in [2.24, 2.45) is 11.8 Å². The van der Waals surface area contributed by atoms with Gasteiger partial charge in [-0.2, -0.15) is 72.9 Å². The molecule has 0 heterocycles. The molecule has 83 heavy (non-hydrogen) atoms. The Balaban J connectivity index is -0.000000126. The van der Waals surface area contributed by atoms with E-state index in [1.165, 1.54) is 71.1 Å². The number of fused-ring (bicyclic) bond motifs is 2. The van der Waals surface area contributed by atoms with Crippen LogP contribution in [0.4, 0.5) is 65.9 Å². The predicted molar refractivity (Wildman–Crippen MR) is 297 cm³/mol. The molecule has 0 amide bonds. The third kappa shape index (κ3) is 52.9. The molecule has 0 spiro atoms. The van der Waals surface area contributed by atoms with Gasteiger partial charge in [-0.3, -0.25) is 0 Å². The fraction of sp³-hybridized carbons (Fsp3) is 0.745. The Kier molecular flexibility index (Phi) is 60.4. The molecular weight excluding hydrogens is 1260 g/mol. The van der Waals surface area contributed by atoms with Crippen molar-refractivity contribution in [2.45, 2.75) is 174 Å². The van der Waals surface area contributed by atoms with Gasteiger partial charge in [-0.15, -0.1) is 26.2 Å². The van der Waals surface area contributed by atoms with E-state index in [4.69, 9.17) is 5.11 Å². The Morgan fingerprint density at radius 2 is 0.518 bits per heavy atom. The smallest absolute Gasteiger partial charge is 0.480 e. The minimum Gasteiger partial charge on any atom is -0.544 e. The Hall–Kier alpha value is -3.10. The molecule has 502 valence electrons. The van der Waals surface area contributed by atoms with Gasteiger partial charge in [-0.1, -0.05) is 213 Å². The number of halogens is 15. The Bertz CT molecular complexity index is 2090. The summed E-state index contributed by atoms with van der Waals surface area (Å²) >= 11 is 0. The fourth-order valence-electron chi connectivity index (χ4n) is 5.07. The van der Waals surface area contributed by atoms with Crippen LogP contribution in [0, 0.1) is 11.8 Å². The van der Waals surface area contributed by atoms with Crippen LogP contribution in [0.5, 0.6) is 0 Å². The quantitative estimate of drug-likeness (QED) is 0.219. The summed E-state index contributed by atoms with van der Waals surface area (Å²) in [6, 6.07) is 24.0. The second kappa shape index (κ2) is 52.1. The van der Waals surface area contributed by atoms with Gasteiger partial charge in [0.25, 0.3) is 0 Å². The molecule has 0 atom stereocenters. The highest BCUT2D eigenvalue weighted by Crippen LogP contribution is 2.44. The second-order valence-corrected chi connectivity index (χ2v) is 22.7. The Morgan fingerprint density at radius 1 is 0.349 bits per heavy atom. The third-order valence-electron chi connectivity index (χ3n) is 8.43. The maximum absolute atomic E-state index is 11.4. The fourth-order valence-corrected chi connectivity index (χ4v) is 7.21. The summed E-state index contributed by atoms with van der Waals surface area (Å²) in [6.07, 6.45) is 16.8. The zero-order chi connectivity index (χ0) is 67.5. The largest absolute Gasteiger partial charge is 0.544 e. The number of hydrogen-bond donors (Lipinski definition) is 1. The summed E-state index contributed by atoms with van der Waals surface area (Å²) in [5, 5.41) is 7.97. The van der Waals surface area contributed by atoms with Gasteiger partial charge in [-0.25, -0.2) is 42.1 Å². The number of alkyl halides is 15. The molecule has 1 N–H and O–H groups in total.